The number of nitriles is 1. The average molecular weight is 239 g/mol. The van der Waals surface area contributed by atoms with Crippen molar-refractivity contribution in [3.8, 4) is 23.1 Å². The lowest BCUT2D eigenvalue weighted by atomic mass is 10.1. The van der Waals surface area contributed by atoms with E-state index in [0.717, 1.165) is 17.7 Å². The third-order valence-electron chi connectivity index (χ3n) is 2.41. The van der Waals surface area contributed by atoms with E-state index in [-0.39, 0.29) is 0 Å². The van der Waals surface area contributed by atoms with Crippen LogP contribution in [0.25, 0.3) is 11.3 Å². The highest BCUT2D eigenvalue weighted by atomic mass is 16.5. The summed E-state index contributed by atoms with van der Waals surface area (Å²) in [5, 5.41) is 9.12. The van der Waals surface area contributed by atoms with Crippen LogP contribution in [0.1, 0.15) is 18.9 Å². The highest BCUT2D eigenvalue weighted by molar-refractivity contribution is 5.61. The fraction of sp³-hybridized carbons (Fsp3) is 0.214. The molecule has 0 spiro atoms. The molecule has 0 saturated heterocycles. The van der Waals surface area contributed by atoms with Crippen LogP contribution in [0.5, 0.6) is 5.75 Å². The van der Waals surface area contributed by atoms with E-state index in [9.17, 15) is 0 Å². The summed E-state index contributed by atoms with van der Waals surface area (Å²) in [6, 6.07) is 7.60. The summed E-state index contributed by atoms with van der Waals surface area (Å²) in [4.78, 5) is 8.33. The maximum Gasteiger partial charge on any atom is 0.155 e. The number of ether oxygens (including phenoxy) is 1. The molecule has 2 heterocycles. The minimum Gasteiger partial charge on any atom is -0.491 e. The van der Waals surface area contributed by atoms with E-state index in [2.05, 4.69) is 16.0 Å². The third-order valence-corrected chi connectivity index (χ3v) is 2.41. The van der Waals surface area contributed by atoms with Gasteiger partial charge in [-0.1, -0.05) is 6.92 Å². The van der Waals surface area contributed by atoms with Gasteiger partial charge in [0.2, 0.25) is 0 Å². The molecule has 0 fully saturated rings. The highest BCUT2D eigenvalue weighted by Gasteiger charge is 2.07. The Bertz CT molecular complexity index is 561. The quantitative estimate of drug-likeness (QED) is 0.823. The predicted molar refractivity (Wildman–Crippen MR) is 68.0 cm³/mol. The first-order chi connectivity index (χ1) is 8.85. The van der Waals surface area contributed by atoms with E-state index in [1.807, 2.05) is 19.1 Å². The van der Waals surface area contributed by atoms with E-state index in [0.29, 0.717) is 17.9 Å². The summed E-state index contributed by atoms with van der Waals surface area (Å²) in [7, 11) is 0. The molecule has 0 unspecified atom stereocenters. The van der Waals surface area contributed by atoms with E-state index >= 15 is 0 Å². The minimum atomic E-state index is 0.498. The molecule has 0 aliphatic rings. The molecule has 90 valence electrons. The lowest BCUT2D eigenvalue weighted by Gasteiger charge is -2.07. The van der Waals surface area contributed by atoms with Gasteiger partial charge in [-0.3, -0.25) is 9.97 Å². The van der Waals surface area contributed by atoms with E-state index in [4.69, 9.17) is 10.00 Å². The number of pyridine rings is 2. The normalized spacial score (nSPS) is 9.78. The van der Waals surface area contributed by atoms with Gasteiger partial charge in [0.05, 0.1) is 24.1 Å². The number of aromatic nitrogens is 2. The average Bonchev–Trinajstić information content (AvgIpc) is 2.46. The van der Waals surface area contributed by atoms with Crippen molar-refractivity contribution >= 4 is 0 Å². The monoisotopic (exact) mass is 239 g/mol. The van der Waals surface area contributed by atoms with Crippen molar-refractivity contribution in [3.63, 3.8) is 0 Å². The van der Waals surface area contributed by atoms with Crippen LogP contribution in [0, 0.1) is 11.3 Å². The van der Waals surface area contributed by atoms with Gasteiger partial charge in [0.25, 0.3) is 0 Å². The molecule has 0 amide bonds. The van der Waals surface area contributed by atoms with Crippen LogP contribution in [-0.4, -0.2) is 16.6 Å². The zero-order valence-electron chi connectivity index (χ0n) is 10.1. The number of hydrogen-bond donors (Lipinski definition) is 0. The van der Waals surface area contributed by atoms with Crippen molar-refractivity contribution in [2.24, 2.45) is 0 Å². The lowest BCUT2D eigenvalue weighted by molar-refractivity contribution is 0.315. The van der Waals surface area contributed by atoms with E-state index < -0.39 is 0 Å². The van der Waals surface area contributed by atoms with Gasteiger partial charge >= 0.3 is 0 Å². The first kappa shape index (κ1) is 12.1. The smallest absolute Gasteiger partial charge is 0.155 e. The molecule has 0 aliphatic heterocycles. The molecule has 0 aromatic carbocycles. The van der Waals surface area contributed by atoms with Crippen LogP contribution in [0.2, 0.25) is 0 Å². The zero-order chi connectivity index (χ0) is 12.8. The Hall–Kier alpha value is -2.41. The second kappa shape index (κ2) is 5.78. The van der Waals surface area contributed by atoms with Crippen LogP contribution in [0.3, 0.4) is 0 Å². The Morgan fingerprint density at radius 2 is 2.28 bits per heavy atom. The lowest BCUT2D eigenvalue weighted by Crippen LogP contribution is -1.98. The summed E-state index contributed by atoms with van der Waals surface area (Å²) < 4.78 is 5.47. The maximum absolute atomic E-state index is 9.12. The fourth-order valence-corrected chi connectivity index (χ4v) is 1.53. The van der Waals surface area contributed by atoms with Gasteiger partial charge in [-0.15, -0.1) is 0 Å². The van der Waals surface area contributed by atoms with Crippen LogP contribution in [0.4, 0.5) is 0 Å². The molecular formula is C14H13N3O. The second-order valence-corrected chi connectivity index (χ2v) is 3.77. The second-order valence-electron chi connectivity index (χ2n) is 3.77. The first-order valence-corrected chi connectivity index (χ1v) is 5.78. The van der Waals surface area contributed by atoms with Crippen molar-refractivity contribution < 1.29 is 4.74 Å². The Kier molecular flexibility index (Phi) is 3.87. The van der Waals surface area contributed by atoms with Crippen molar-refractivity contribution in [1.29, 1.82) is 5.26 Å². The summed E-state index contributed by atoms with van der Waals surface area (Å²) in [5.41, 5.74) is 2.11. The molecule has 0 radical (unpaired) electrons. The number of rotatable bonds is 4. The van der Waals surface area contributed by atoms with Gasteiger partial charge in [-0.05, 0) is 24.6 Å². The van der Waals surface area contributed by atoms with Crippen molar-refractivity contribution in [3.05, 3.63) is 42.4 Å². The van der Waals surface area contributed by atoms with Gasteiger partial charge in [0.15, 0.2) is 5.75 Å². The molecule has 0 atom stereocenters. The summed E-state index contributed by atoms with van der Waals surface area (Å²) >= 11 is 0. The SMILES string of the molecule is CCCOc1cnc(-c2cccnc2)cc1C#N. The predicted octanol–water partition coefficient (Wildman–Crippen LogP) is 2.80. The van der Waals surface area contributed by atoms with Crippen LogP contribution in [0.15, 0.2) is 36.8 Å². The molecule has 0 aliphatic carbocycles. The standard InChI is InChI=1S/C14H13N3O/c1-2-6-18-14-10-17-13(7-12(14)8-15)11-4-3-5-16-9-11/h3-5,7,9-10H,2,6H2,1H3. The van der Waals surface area contributed by atoms with Crippen molar-refractivity contribution in [1.82, 2.24) is 9.97 Å². The number of hydrogen-bond acceptors (Lipinski definition) is 4. The minimum absolute atomic E-state index is 0.498. The Labute approximate surface area is 106 Å². The highest BCUT2D eigenvalue weighted by Crippen LogP contribution is 2.23. The zero-order valence-corrected chi connectivity index (χ0v) is 10.1. The fourth-order valence-electron chi connectivity index (χ4n) is 1.53. The molecule has 0 saturated carbocycles. The van der Waals surface area contributed by atoms with Crippen LogP contribution >= 0.6 is 0 Å². The molecule has 18 heavy (non-hydrogen) atoms. The molecule has 4 nitrogen and oxygen atoms in total. The van der Waals surface area contributed by atoms with Gasteiger partial charge < -0.3 is 4.74 Å². The van der Waals surface area contributed by atoms with Crippen molar-refractivity contribution in [2.75, 3.05) is 6.61 Å². The molecule has 2 aromatic heterocycles. The van der Waals surface area contributed by atoms with Crippen molar-refractivity contribution in [2.45, 2.75) is 13.3 Å². The molecule has 2 rings (SSSR count). The topological polar surface area (TPSA) is 58.8 Å². The largest absolute Gasteiger partial charge is 0.491 e. The molecule has 2 aromatic rings. The first-order valence-electron chi connectivity index (χ1n) is 5.78. The Morgan fingerprint density at radius 1 is 1.39 bits per heavy atom. The Morgan fingerprint density at radius 3 is 2.94 bits per heavy atom. The van der Waals surface area contributed by atoms with Gasteiger partial charge in [0.1, 0.15) is 6.07 Å². The molecule has 0 bridgehead atoms. The third kappa shape index (κ3) is 2.64. The number of nitrogens with zero attached hydrogens (tertiary/aromatic N) is 3. The Balaban J connectivity index is 2.34. The molecular weight excluding hydrogens is 226 g/mol. The molecule has 4 heteroatoms. The maximum atomic E-state index is 9.12. The summed E-state index contributed by atoms with van der Waals surface area (Å²) in [5.74, 6) is 0.534. The van der Waals surface area contributed by atoms with Gasteiger partial charge in [-0.2, -0.15) is 5.26 Å². The van der Waals surface area contributed by atoms with E-state index in [1.54, 1.807) is 24.7 Å². The summed E-state index contributed by atoms with van der Waals surface area (Å²) in [6.07, 6.45) is 5.91. The van der Waals surface area contributed by atoms with Gasteiger partial charge in [-0.25, -0.2) is 0 Å². The van der Waals surface area contributed by atoms with E-state index in [1.165, 1.54) is 0 Å². The van der Waals surface area contributed by atoms with Crippen LogP contribution in [-0.2, 0) is 0 Å². The van der Waals surface area contributed by atoms with Gasteiger partial charge in [0, 0.05) is 18.0 Å². The summed E-state index contributed by atoms with van der Waals surface area (Å²) in [6.45, 7) is 2.60. The van der Waals surface area contributed by atoms with Crippen LogP contribution < -0.4 is 4.74 Å². The molecule has 0 N–H and O–H groups in total.